The van der Waals surface area contributed by atoms with Gasteiger partial charge in [0.15, 0.2) is 11.6 Å². The van der Waals surface area contributed by atoms with Crippen molar-refractivity contribution in [1.82, 2.24) is 9.97 Å². The zero-order chi connectivity index (χ0) is 31.3. The van der Waals surface area contributed by atoms with Crippen LogP contribution in [0.1, 0.15) is 27.0 Å². The number of anilines is 1. The Bertz CT molecular complexity index is 1710. The Morgan fingerprint density at radius 1 is 0.881 bits per heavy atom. The maximum absolute atomic E-state index is 13.2. The van der Waals surface area contributed by atoms with Gasteiger partial charge < -0.3 is 24.9 Å². The van der Waals surface area contributed by atoms with Crippen LogP contribution in [0.4, 0.5) is 32.2 Å². The first-order valence-corrected chi connectivity index (χ1v) is 15.5. The SMILES string of the molecule is O=C(Cc1cccc(-c2nc(NC(P(=O)(O)O)P(=O)(O)O)c3ccsc3n2)c1)c1cc(C(F)(F)F)cc(C(F)(F)F)c1. The highest BCUT2D eigenvalue weighted by atomic mass is 32.1. The molecule has 4 rings (SSSR count). The highest BCUT2D eigenvalue weighted by Crippen LogP contribution is 2.59. The van der Waals surface area contributed by atoms with Crippen LogP contribution in [-0.4, -0.2) is 40.8 Å². The number of halogens is 6. The molecule has 0 aliphatic heterocycles. The molecule has 5 N–H and O–H groups in total. The summed E-state index contributed by atoms with van der Waals surface area (Å²) in [4.78, 5) is 59.4. The van der Waals surface area contributed by atoms with E-state index in [4.69, 9.17) is 0 Å². The Hall–Kier alpha value is -3.17. The van der Waals surface area contributed by atoms with Gasteiger partial charge in [0.1, 0.15) is 10.6 Å². The van der Waals surface area contributed by atoms with Crippen LogP contribution in [0.2, 0.25) is 0 Å². The van der Waals surface area contributed by atoms with Crippen LogP contribution in [0.5, 0.6) is 0 Å². The van der Waals surface area contributed by atoms with Crippen molar-refractivity contribution in [2.45, 2.75) is 24.3 Å². The number of aromatic nitrogens is 2. The number of thiophene rings is 1. The number of rotatable bonds is 8. The lowest BCUT2D eigenvalue weighted by Gasteiger charge is -2.21. The standard InChI is InChI=1S/C23H17F6N3O7P2S/c24-22(25,26)14-8-13(9-15(10-14)23(27,28)29)17(33)7-11-2-1-3-12(6-11)18-30-19(16-4-5-42-20(16)31-18)32-21(40(34,35)36)41(37,38)39/h1-6,8-10,21H,7H2,(H,30,31,32)(H2,34,35,36)(H2,37,38,39). The molecule has 0 saturated carbocycles. The third kappa shape index (κ3) is 7.24. The zero-order valence-corrected chi connectivity index (χ0v) is 23.1. The van der Waals surface area contributed by atoms with E-state index in [1.807, 2.05) is 0 Å². The van der Waals surface area contributed by atoms with Crippen LogP contribution in [0.25, 0.3) is 21.6 Å². The molecule has 0 aliphatic rings. The molecule has 0 radical (unpaired) electrons. The fourth-order valence-corrected chi connectivity index (χ4v) is 6.72. The molecule has 0 fully saturated rings. The van der Waals surface area contributed by atoms with Crippen LogP contribution in [-0.2, 0) is 27.9 Å². The fourth-order valence-electron chi connectivity index (χ4n) is 3.80. The molecule has 2 heterocycles. The molecule has 0 spiro atoms. The molecule has 0 amide bonds. The van der Waals surface area contributed by atoms with Gasteiger partial charge in [0.05, 0.1) is 16.5 Å². The Balaban J connectivity index is 1.70. The number of benzene rings is 2. The van der Waals surface area contributed by atoms with Gasteiger partial charge in [0.25, 0.3) is 0 Å². The molecule has 10 nitrogen and oxygen atoms in total. The smallest absolute Gasteiger partial charge is 0.346 e. The van der Waals surface area contributed by atoms with Gasteiger partial charge in [-0.3, -0.25) is 13.9 Å². The summed E-state index contributed by atoms with van der Waals surface area (Å²) in [5.41, 5.74) is -6.41. The Morgan fingerprint density at radius 2 is 1.48 bits per heavy atom. The van der Waals surface area contributed by atoms with Gasteiger partial charge >= 0.3 is 27.5 Å². The largest absolute Gasteiger partial charge is 0.416 e. The zero-order valence-electron chi connectivity index (χ0n) is 20.5. The summed E-state index contributed by atoms with van der Waals surface area (Å²) < 4.78 is 103. The van der Waals surface area contributed by atoms with Crippen molar-refractivity contribution in [3.8, 4) is 11.4 Å². The second-order valence-electron chi connectivity index (χ2n) is 8.83. The summed E-state index contributed by atoms with van der Waals surface area (Å²) >= 11 is 1.05. The van der Waals surface area contributed by atoms with Crippen molar-refractivity contribution < 1.29 is 59.8 Å². The second-order valence-corrected chi connectivity index (χ2v) is 13.5. The number of Topliss-reactive ketones (excluding diaryl/α,β-unsaturated/α-hetero) is 1. The molecule has 0 unspecified atom stereocenters. The van der Waals surface area contributed by atoms with Crippen LogP contribution in [0.3, 0.4) is 0 Å². The molecule has 2 aromatic heterocycles. The number of fused-ring (bicyclic) bond motifs is 1. The Labute approximate surface area is 235 Å². The highest BCUT2D eigenvalue weighted by Gasteiger charge is 2.44. The predicted octanol–water partition coefficient (Wildman–Crippen LogP) is 5.87. The number of alkyl halides is 6. The topological polar surface area (TPSA) is 170 Å². The van der Waals surface area contributed by atoms with Crippen LogP contribution in [0, 0.1) is 0 Å². The van der Waals surface area contributed by atoms with E-state index < -0.39 is 62.0 Å². The van der Waals surface area contributed by atoms with Gasteiger partial charge in [-0.05, 0) is 41.3 Å². The average Bonchev–Trinajstić information content (AvgIpc) is 3.33. The molecule has 4 aromatic rings. The first-order valence-electron chi connectivity index (χ1n) is 11.3. The van der Waals surface area contributed by atoms with Gasteiger partial charge in [-0.1, -0.05) is 18.2 Å². The fraction of sp³-hybridized carbons (Fsp3) is 0.174. The number of ketones is 1. The van der Waals surface area contributed by atoms with E-state index in [1.165, 1.54) is 35.7 Å². The minimum absolute atomic E-state index is 0.0927. The second kappa shape index (κ2) is 11.2. The molecule has 2 aromatic carbocycles. The van der Waals surface area contributed by atoms with E-state index >= 15 is 0 Å². The lowest BCUT2D eigenvalue weighted by atomic mass is 9.97. The van der Waals surface area contributed by atoms with Crippen molar-refractivity contribution in [3.05, 3.63) is 76.2 Å². The van der Waals surface area contributed by atoms with E-state index in [0.29, 0.717) is 12.1 Å². The number of hydrogen-bond acceptors (Lipinski definition) is 7. The quantitative estimate of drug-likeness (QED) is 0.0879. The number of nitrogens with zero attached hydrogens (tertiary/aromatic N) is 2. The average molecular weight is 655 g/mol. The van der Waals surface area contributed by atoms with E-state index in [1.54, 1.807) is 0 Å². The van der Waals surface area contributed by atoms with Crippen molar-refractivity contribution in [1.29, 1.82) is 0 Å². The van der Waals surface area contributed by atoms with Crippen LogP contribution < -0.4 is 5.32 Å². The summed E-state index contributed by atoms with van der Waals surface area (Å²) in [5.74, 6) is -1.51. The highest BCUT2D eigenvalue weighted by molar-refractivity contribution is 7.71. The van der Waals surface area contributed by atoms with Crippen molar-refractivity contribution >= 4 is 48.3 Å². The van der Waals surface area contributed by atoms with Gasteiger partial charge in [0, 0.05) is 17.5 Å². The van der Waals surface area contributed by atoms with E-state index in [0.717, 1.165) is 11.3 Å². The molecule has 224 valence electrons. The normalized spacial score (nSPS) is 13.1. The van der Waals surface area contributed by atoms with Gasteiger partial charge in [-0.15, -0.1) is 11.3 Å². The Kier molecular flexibility index (Phi) is 8.43. The maximum Gasteiger partial charge on any atom is 0.416 e. The van der Waals surface area contributed by atoms with Crippen molar-refractivity contribution in [2.75, 3.05) is 5.32 Å². The number of nitrogens with one attached hydrogen (secondary N) is 1. The van der Waals surface area contributed by atoms with E-state index in [-0.39, 0.29) is 39.1 Å². The summed E-state index contributed by atoms with van der Waals surface area (Å²) in [6, 6.07) is 7.51. The Morgan fingerprint density at radius 3 is 2.02 bits per heavy atom. The molecule has 0 aliphatic carbocycles. The maximum atomic E-state index is 13.2. The molecule has 42 heavy (non-hydrogen) atoms. The molecule has 0 atom stereocenters. The van der Waals surface area contributed by atoms with E-state index in [9.17, 15) is 59.8 Å². The summed E-state index contributed by atoms with van der Waals surface area (Å²) in [6.07, 6.45) is -10.9. The number of carbonyl (C=O) groups excluding carboxylic acids is 1. The minimum atomic E-state index is -5.40. The molecular formula is C23H17F6N3O7P2S. The minimum Gasteiger partial charge on any atom is -0.346 e. The van der Waals surface area contributed by atoms with Gasteiger partial charge in [-0.25, -0.2) is 9.97 Å². The molecule has 0 saturated heterocycles. The summed E-state index contributed by atoms with van der Waals surface area (Å²) in [6.45, 7) is 0. The van der Waals surface area contributed by atoms with E-state index in [2.05, 4.69) is 15.3 Å². The first-order chi connectivity index (χ1) is 19.2. The third-order valence-corrected chi connectivity index (χ3v) is 9.83. The summed E-state index contributed by atoms with van der Waals surface area (Å²) in [5, 5.41) is 3.79. The molecule has 19 heteroatoms. The predicted molar refractivity (Wildman–Crippen MR) is 139 cm³/mol. The molecular weight excluding hydrogens is 638 g/mol. The lowest BCUT2D eigenvalue weighted by Crippen LogP contribution is -2.21. The van der Waals surface area contributed by atoms with Gasteiger partial charge in [-0.2, -0.15) is 26.3 Å². The number of hydrogen-bond donors (Lipinski definition) is 5. The number of carbonyl (C=O) groups is 1. The monoisotopic (exact) mass is 655 g/mol. The van der Waals surface area contributed by atoms with Gasteiger partial charge in [0.2, 0.25) is 5.52 Å². The van der Waals surface area contributed by atoms with Crippen molar-refractivity contribution in [2.24, 2.45) is 0 Å². The lowest BCUT2D eigenvalue weighted by molar-refractivity contribution is -0.143. The van der Waals surface area contributed by atoms with Crippen molar-refractivity contribution in [3.63, 3.8) is 0 Å². The van der Waals surface area contributed by atoms with Crippen LogP contribution in [0.15, 0.2) is 53.9 Å². The van der Waals surface area contributed by atoms with Crippen LogP contribution >= 0.6 is 26.5 Å². The summed E-state index contributed by atoms with van der Waals surface area (Å²) in [7, 11) is -10.8. The third-order valence-electron chi connectivity index (χ3n) is 5.69. The molecule has 0 bridgehead atoms. The first kappa shape index (κ1) is 31.8.